The van der Waals surface area contributed by atoms with E-state index in [0.717, 1.165) is 0 Å². The van der Waals surface area contributed by atoms with Gasteiger partial charge in [0.15, 0.2) is 0 Å². The maximum atomic E-state index is 12.4. The molecule has 0 bridgehead atoms. The Hall–Kier alpha value is -2.08. The number of hydrogen-bond acceptors (Lipinski definition) is 4. The van der Waals surface area contributed by atoms with Crippen LogP contribution in [0.15, 0.2) is 48.8 Å². The van der Waals surface area contributed by atoms with Gasteiger partial charge in [-0.15, -0.1) is 11.8 Å². The van der Waals surface area contributed by atoms with Crippen molar-refractivity contribution in [2.75, 3.05) is 0 Å². The number of rotatable bonds is 3. The van der Waals surface area contributed by atoms with Gasteiger partial charge in [-0.1, -0.05) is 18.2 Å². The molecule has 1 saturated heterocycles. The van der Waals surface area contributed by atoms with E-state index in [0.29, 0.717) is 12.0 Å². The van der Waals surface area contributed by atoms with Crippen molar-refractivity contribution in [2.24, 2.45) is 11.7 Å². The standard InChI is InChI=1S/C15H15N3O2S/c16-13(19)12-8-11-5-1-2-6-15(11,21-12)18-14(20)10-4-3-7-17-9-10/h1-7,9,11-12H,8H2,(H2,16,19)(H,18,20). The van der Waals surface area contributed by atoms with Crippen LogP contribution in [-0.2, 0) is 4.79 Å². The molecule has 3 N–H and O–H groups in total. The van der Waals surface area contributed by atoms with Gasteiger partial charge in [0.25, 0.3) is 5.91 Å². The number of nitrogens with two attached hydrogens (primary N) is 1. The number of fused-ring (bicyclic) bond motifs is 1. The van der Waals surface area contributed by atoms with Crippen LogP contribution in [0.25, 0.3) is 0 Å². The van der Waals surface area contributed by atoms with Crippen molar-refractivity contribution in [2.45, 2.75) is 16.5 Å². The Balaban J connectivity index is 1.85. The van der Waals surface area contributed by atoms with Crippen LogP contribution < -0.4 is 11.1 Å². The van der Waals surface area contributed by atoms with E-state index in [1.165, 1.54) is 18.0 Å². The van der Waals surface area contributed by atoms with Gasteiger partial charge in [0, 0.05) is 18.3 Å². The molecule has 1 fully saturated rings. The van der Waals surface area contributed by atoms with E-state index in [4.69, 9.17) is 5.73 Å². The quantitative estimate of drug-likeness (QED) is 0.879. The fourth-order valence-corrected chi connectivity index (χ4v) is 4.19. The predicted octanol–water partition coefficient (Wildman–Crippen LogP) is 1.24. The van der Waals surface area contributed by atoms with Crippen LogP contribution >= 0.6 is 11.8 Å². The van der Waals surface area contributed by atoms with Crippen LogP contribution in [0.5, 0.6) is 0 Å². The van der Waals surface area contributed by atoms with Gasteiger partial charge in [-0.2, -0.15) is 0 Å². The van der Waals surface area contributed by atoms with Crippen LogP contribution in [0, 0.1) is 5.92 Å². The third kappa shape index (κ3) is 2.58. The molecule has 1 aromatic heterocycles. The summed E-state index contributed by atoms with van der Waals surface area (Å²) >= 11 is 1.41. The number of primary amides is 1. The smallest absolute Gasteiger partial charge is 0.254 e. The fourth-order valence-electron chi connectivity index (χ4n) is 2.64. The monoisotopic (exact) mass is 301 g/mol. The van der Waals surface area contributed by atoms with Crippen molar-refractivity contribution in [3.63, 3.8) is 0 Å². The molecule has 2 heterocycles. The largest absolute Gasteiger partial charge is 0.369 e. The summed E-state index contributed by atoms with van der Waals surface area (Å²) in [6.07, 6.45) is 11.5. The van der Waals surface area contributed by atoms with Crippen LogP contribution in [0.2, 0.25) is 0 Å². The van der Waals surface area contributed by atoms with Gasteiger partial charge < -0.3 is 11.1 Å². The number of allylic oxidation sites excluding steroid dienone is 2. The minimum Gasteiger partial charge on any atom is -0.369 e. The summed E-state index contributed by atoms with van der Waals surface area (Å²) in [6, 6.07) is 3.43. The predicted molar refractivity (Wildman–Crippen MR) is 81.4 cm³/mol. The average Bonchev–Trinajstić information content (AvgIpc) is 2.87. The lowest BCUT2D eigenvalue weighted by atomic mass is 9.90. The molecule has 2 amide bonds. The van der Waals surface area contributed by atoms with Crippen molar-refractivity contribution in [3.8, 4) is 0 Å². The summed E-state index contributed by atoms with van der Waals surface area (Å²) in [6.45, 7) is 0. The Morgan fingerprint density at radius 3 is 3.00 bits per heavy atom. The second-order valence-electron chi connectivity index (χ2n) is 5.08. The van der Waals surface area contributed by atoms with Gasteiger partial charge in [0.05, 0.1) is 10.8 Å². The molecule has 0 saturated carbocycles. The first-order valence-corrected chi connectivity index (χ1v) is 7.54. The van der Waals surface area contributed by atoms with Gasteiger partial charge in [-0.25, -0.2) is 0 Å². The lowest BCUT2D eigenvalue weighted by molar-refractivity contribution is -0.117. The molecule has 2 aliphatic rings. The van der Waals surface area contributed by atoms with Crippen LogP contribution in [0.3, 0.4) is 0 Å². The van der Waals surface area contributed by atoms with Crippen molar-refractivity contribution >= 4 is 23.6 Å². The molecule has 1 aliphatic carbocycles. The molecule has 0 radical (unpaired) electrons. The van der Waals surface area contributed by atoms with E-state index in [2.05, 4.69) is 10.3 Å². The van der Waals surface area contributed by atoms with Crippen molar-refractivity contribution < 1.29 is 9.59 Å². The zero-order valence-electron chi connectivity index (χ0n) is 11.2. The van der Waals surface area contributed by atoms with Crippen LogP contribution in [-0.4, -0.2) is 26.9 Å². The van der Waals surface area contributed by atoms with Gasteiger partial charge in [0.1, 0.15) is 4.87 Å². The minimum absolute atomic E-state index is 0.0608. The Kier molecular flexibility index (Phi) is 3.55. The zero-order valence-corrected chi connectivity index (χ0v) is 12.0. The highest BCUT2D eigenvalue weighted by atomic mass is 32.2. The molecule has 3 unspecified atom stereocenters. The van der Waals surface area contributed by atoms with Gasteiger partial charge in [-0.3, -0.25) is 14.6 Å². The molecular formula is C15H15N3O2S. The molecule has 1 aliphatic heterocycles. The molecule has 6 heteroatoms. The zero-order chi connectivity index (χ0) is 14.9. The highest BCUT2D eigenvalue weighted by Gasteiger charge is 2.48. The van der Waals surface area contributed by atoms with E-state index in [1.807, 2.05) is 24.3 Å². The maximum Gasteiger partial charge on any atom is 0.254 e. The first-order chi connectivity index (χ1) is 10.1. The molecule has 5 nitrogen and oxygen atoms in total. The van der Waals surface area contributed by atoms with Crippen LogP contribution in [0.4, 0.5) is 0 Å². The highest BCUT2D eigenvalue weighted by Crippen LogP contribution is 2.48. The first kappa shape index (κ1) is 13.9. The average molecular weight is 301 g/mol. The van der Waals surface area contributed by atoms with Gasteiger partial charge in [-0.05, 0) is 24.6 Å². The number of carbonyl (C=O) groups is 2. The summed E-state index contributed by atoms with van der Waals surface area (Å²) < 4.78 is 0. The number of hydrogen-bond donors (Lipinski definition) is 2. The molecule has 3 rings (SSSR count). The number of pyridine rings is 1. The third-order valence-electron chi connectivity index (χ3n) is 3.70. The molecule has 0 aromatic carbocycles. The number of thioether (sulfide) groups is 1. The molecular weight excluding hydrogens is 286 g/mol. The molecule has 108 valence electrons. The van der Waals surface area contributed by atoms with Gasteiger partial charge >= 0.3 is 0 Å². The molecule has 1 aromatic rings. The van der Waals surface area contributed by atoms with E-state index in [9.17, 15) is 9.59 Å². The van der Waals surface area contributed by atoms with E-state index in [1.54, 1.807) is 18.3 Å². The Bertz CT molecular complexity index is 629. The van der Waals surface area contributed by atoms with Gasteiger partial charge in [0.2, 0.25) is 5.91 Å². The Labute approximate surface area is 126 Å². The number of nitrogens with one attached hydrogen (secondary N) is 1. The van der Waals surface area contributed by atoms with E-state index in [-0.39, 0.29) is 23.0 Å². The Morgan fingerprint density at radius 2 is 2.29 bits per heavy atom. The number of aromatic nitrogens is 1. The summed E-state index contributed by atoms with van der Waals surface area (Å²) in [5.41, 5.74) is 5.92. The second kappa shape index (κ2) is 5.37. The molecule has 21 heavy (non-hydrogen) atoms. The van der Waals surface area contributed by atoms with E-state index < -0.39 is 4.87 Å². The summed E-state index contributed by atoms with van der Waals surface area (Å²) in [4.78, 5) is 27.2. The SMILES string of the molecule is NC(=O)C1CC2C=CC=CC2(NC(=O)c2cccnc2)S1. The van der Waals surface area contributed by atoms with Crippen molar-refractivity contribution in [1.82, 2.24) is 10.3 Å². The third-order valence-corrected chi connectivity index (χ3v) is 5.34. The Morgan fingerprint density at radius 1 is 1.43 bits per heavy atom. The second-order valence-corrected chi connectivity index (χ2v) is 6.56. The lowest BCUT2D eigenvalue weighted by Gasteiger charge is -2.32. The van der Waals surface area contributed by atoms with Crippen LogP contribution in [0.1, 0.15) is 16.8 Å². The topological polar surface area (TPSA) is 85.1 Å². The fraction of sp³-hybridized carbons (Fsp3) is 0.267. The minimum atomic E-state index is -0.610. The maximum absolute atomic E-state index is 12.4. The van der Waals surface area contributed by atoms with Crippen molar-refractivity contribution in [3.05, 3.63) is 54.4 Å². The normalized spacial score (nSPS) is 29.9. The number of nitrogens with zero attached hydrogens (tertiary/aromatic N) is 1. The molecule has 0 spiro atoms. The number of carbonyl (C=O) groups excluding carboxylic acids is 2. The lowest BCUT2D eigenvalue weighted by Crippen LogP contribution is -2.47. The van der Waals surface area contributed by atoms with Crippen molar-refractivity contribution in [1.29, 1.82) is 0 Å². The summed E-state index contributed by atoms with van der Waals surface area (Å²) in [7, 11) is 0. The highest BCUT2D eigenvalue weighted by molar-refractivity contribution is 8.02. The van der Waals surface area contributed by atoms with E-state index >= 15 is 0 Å². The first-order valence-electron chi connectivity index (χ1n) is 6.66. The summed E-state index contributed by atoms with van der Waals surface area (Å²) in [5.74, 6) is -0.484. The molecule has 3 atom stereocenters. The number of amides is 2. The summed E-state index contributed by atoms with van der Waals surface area (Å²) in [5, 5.41) is 2.74.